The fraction of sp³-hybridized carbons (Fsp3) is 0.231. The van der Waals surface area contributed by atoms with Crippen LogP contribution < -0.4 is 10.2 Å². The first kappa shape index (κ1) is 13.9. The number of halogens is 2. The smallest absolute Gasteiger partial charge is 0.254 e. The highest BCUT2D eigenvalue weighted by Crippen LogP contribution is 2.44. The molecule has 4 nitrogen and oxygen atoms in total. The minimum atomic E-state index is -0.793. The summed E-state index contributed by atoms with van der Waals surface area (Å²) in [5, 5.41) is 3.42. The summed E-state index contributed by atoms with van der Waals surface area (Å²) in [5.74, 6) is -0.569. The molecule has 0 radical (unpaired) electrons. The first-order valence-electron chi connectivity index (χ1n) is 5.64. The molecule has 0 bridgehead atoms. The van der Waals surface area contributed by atoms with Crippen molar-refractivity contribution in [1.82, 2.24) is 5.32 Å². The van der Waals surface area contributed by atoms with Gasteiger partial charge in [-0.05, 0) is 12.1 Å². The van der Waals surface area contributed by atoms with Gasteiger partial charge in [0.15, 0.2) is 0 Å². The van der Waals surface area contributed by atoms with Crippen LogP contribution in [0.1, 0.15) is 18.5 Å². The molecular weight excluding hydrogens is 287 g/mol. The maximum atomic E-state index is 12.3. The normalized spacial score (nSPS) is 17.3. The predicted molar refractivity (Wildman–Crippen MR) is 75.6 cm³/mol. The van der Waals surface area contributed by atoms with E-state index in [2.05, 4.69) is 11.9 Å². The highest BCUT2D eigenvalue weighted by molar-refractivity contribution is 6.38. The molecule has 19 heavy (non-hydrogen) atoms. The number of rotatable bonds is 3. The summed E-state index contributed by atoms with van der Waals surface area (Å²) < 4.78 is 0. The van der Waals surface area contributed by atoms with Gasteiger partial charge in [0.1, 0.15) is 6.04 Å². The van der Waals surface area contributed by atoms with Crippen molar-refractivity contribution in [3.63, 3.8) is 0 Å². The summed E-state index contributed by atoms with van der Waals surface area (Å²) >= 11 is 12.3. The molecule has 100 valence electrons. The van der Waals surface area contributed by atoms with Gasteiger partial charge in [-0.1, -0.05) is 29.3 Å². The molecule has 6 heteroatoms. The SMILES string of the molecule is C=CCN1C(=O)C(NC(C)=O)c2c(Cl)ccc(Cl)c21. The third kappa shape index (κ3) is 2.33. The summed E-state index contributed by atoms with van der Waals surface area (Å²) in [7, 11) is 0. The second kappa shape index (κ2) is 5.23. The lowest BCUT2D eigenvalue weighted by atomic mass is 10.1. The van der Waals surface area contributed by atoms with Crippen LogP contribution in [0.4, 0.5) is 5.69 Å². The van der Waals surface area contributed by atoms with Gasteiger partial charge in [-0.3, -0.25) is 9.59 Å². The standard InChI is InChI=1S/C13H12Cl2N2O2/c1-3-6-17-12-9(15)5-4-8(14)10(12)11(13(17)19)16-7(2)18/h3-5,11H,1,6H2,2H3,(H,16,18). The minimum absolute atomic E-state index is 0.264. The number of carbonyl (C=O) groups excluding carboxylic acids is 2. The summed E-state index contributed by atoms with van der Waals surface area (Å²) in [6, 6.07) is 2.45. The number of carbonyl (C=O) groups is 2. The molecule has 0 saturated heterocycles. The van der Waals surface area contributed by atoms with Gasteiger partial charge < -0.3 is 10.2 Å². The molecule has 0 spiro atoms. The molecule has 0 fully saturated rings. The molecule has 1 unspecified atom stereocenters. The quantitative estimate of drug-likeness (QED) is 0.872. The molecule has 1 aliphatic heterocycles. The maximum Gasteiger partial charge on any atom is 0.254 e. The van der Waals surface area contributed by atoms with Crippen molar-refractivity contribution >= 4 is 40.7 Å². The van der Waals surface area contributed by atoms with Gasteiger partial charge in [0.25, 0.3) is 5.91 Å². The molecular formula is C13H12Cl2N2O2. The Balaban J connectivity index is 2.59. The minimum Gasteiger partial charge on any atom is -0.341 e. The average molecular weight is 299 g/mol. The first-order valence-corrected chi connectivity index (χ1v) is 6.40. The van der Waals surface area contributed by atoms with E-state index in [4.69, 9.17) is 23.2 Å². The lowest BCUT2D eigenvalue weighted by molar-refractivity contribution is -0.126. The summed E-state index contributed by atoms with van der Waals surface area (Å²) in [5.41, 5.74) is 1.08. The van der Waals surface area contributed by atoms with Crippen LogP contribution in [-0.4, -0.2) is 18.4 Å². The van der Waals surface area contributed by atoms with E-state index in [0.717, 1.165) is 0 Å². The van der Waals surface area contributed by atoms with Gasteiger partial charge in [-0.2, -0.15) is 0 Å². The Labute approximate surface area is 121 Å². The zero-order valence-electron chi connectivity index (χ0n) is 10.2. The van der Waals surface area contributed by atoms with Crippen LogP contribution in [0.2, 0.25) is 10.0 Å². The van der Waals surface area contributed by atoms with Gasteiger partial charge in [-0.15, -0.1) is 6.58 Å². The Morgan fingerprint density at radius 3 is 2.68 bits per heavy atom. The number of anilines is 1. The van der Waals surface area contributed by atoms with Crippen molar-refractivity contribution in [2.75, 3.05) is 11.4 Å². The van der Waals surface area contributed by atoms with Gasteiger partial charge in [-0.25, -0.2) is 0 Å². The van der Waals surface area contributed by atoms with E-state index in [-0.39, 0.29) is 11.8 Å². The number of amides is 2. The number of benzene rings is 1. The van der Waals surface area contributed by atoms with Crippen molar-refractivity contribution < 1.29 is 9.59 Å². The Bertz CT molecular complexity index is 572. The Morgan fingerprint density at radius 2 is 2.11 bits per heavy atom. The Morgan fingerprint density at radius 1 is 1.47 bits per heavy atom. The highest BCUT2D eigenvalue weighted by atomic mass is 35.5. The van der Waals surface area contributed by atoms with E-state index < -0.39 is 6.04 Å². The van der Waals surface area contributed by atoms with Gasteiger partial charge >= 0.3 is 0 Å². The summed E-state index contributed by atoms with van der Waals surface area (Å²) in [6.07, 6.45) is 1.59. The zero-order chi connectivity index (χ0) is 14.2. The molecule has 1 aromatic rings. The van der Waals surface area contributed by atoms with E-state index in [1.54, 1.807) is 18.2 Å². The second-order valence-electron chi connectivity index (χ2n) is 4.16. The van der Waals surface area contributed by atoms with Crippen LogP contribution in [0.15, 0.2) is 24.8 Å². The van der Waals surface area contributed by atoms with Crippen LogP contribution in [0.5, 0.6) is 0 Å². The molecule has 1 N–H and O–H groups in total. The van der Waals surface area contributed by atoms with Crippen molar-refractivity contribution in [3.8, 4) is 0 Å². The summed E-state index contributed by atoms with van der Waals surface area (Å²) in [4.78, 5) is 25.0. The number of nitrogens with one attached hydrogen (secondary N) is 1. The number of hydrogen-bond acceptors (Lipinski definition) is 2. The predicted octanol–water partition coefficient (Wildman–Crippen LogP) is 2.70. The highest BCUT2D eigenvalue weighted by Gasteiger charge is 2.40. The fourth-order valence-corrected chi connectivity index (χ4v) is 2.67. The van der Waals surface area contributed by atoms with Gasteiger partial charge in [0.05, 0.1) is 10.7 Å². The Hall–Kier alpha value is -1.52. The van der Waals surface area contributed by atoms with Gasteiger partial charge in [0.2, 0.25) is 5.91 Å². The van der Waals surface area contributed by atoms with Crippen molar-refractivity contribution in [2.45, 2.75) is 13.0 Å². The fourth-order valence-electron chi connectivity index (χ4n) is 2.14. The van der Waals surface area contributed by atoms with Gasteiger partial charge in [0, 0.05) is 24.1 Å². The zero-order valence-corrected chi connectivity index (χ0v) is 11.8. The third-order valence-corrected chi connectivity index (χ3v) is 3.48. The van der Waals surface area contributed by atoms with E-state index in [9.17, 15) is 9.59 Å². The molecule has 0 aromatic heterocycles. The lowest BCUT2D eigenvalue weighted by Gasteiger charge is -2.16. The third-order valence-electron chi connectivity index (χ3n) is 2.85. The van der Waals surface area contributed by atoms with E-state index in [1.165, 1.54) is 11.8 Å². The largest absolute Gasteiger partial charge is 0.341 e. The van der Waals surface area contributed by atoms with Crippen LogP contribution in [0.25, 0.3) is 0 Å². The lowest BCUT2D eigenvalue weighted by Crippen LogP contribution is -2.36. The first-order chi connectivity index (χ1) is 8.97. The number of nitrogens with zero attached hydrogens (tertiary/aromatic N) is 1. The van der Waals surface area contributed by atoms with Crippen molar-refractivity contribution in [2.24, 2.45) is 0 Å². The average Bonchev–Trinajstić information content (AvgIpc) is 2.60. The Kier molecular flexibility index (Phi) is 3.83. The van der Waals surface area contributed by atoms with E-state index >= 15 is 0 Å². The van der Waals surface area contributed by atoms with Crippen molar-refractivity contribution in [3.05, 3.63) is 40.4 Å². The monoisotopic (exact) mass is 298 g/mol. The van der Waals surface area contributed by atoms with Crippen molar-refractivity contribution in [1.29, 1.82) is 0 Å². The second-order valence-corrected chi connectivity index (χ2v) is 4.98. The topological polar surface area (TPSA) is 49.4 Å². The van der Waals surface area contributed by atoms with E-state index in [0.29, 0.717) is 27.8 Å². The summed E-state index contributed by atoms with van der Waals surface area (Å²) in [6.45, 7) is 5.27. The molecule has 1 heterocycles. The van der Waals surface area contributed by atoms with Crippen LogP contribution in [-0.2, 0) is 9.59 Å². The van der Waals surface area contributed by atoms with Crippen LogP contribution >= 0.6 is 23.2 Å². The molecule has 1 aliphatic rings. The number of fused-ring (bicyclic) bond motifs is 1. The number of hydrogen-bond donors (Lipinski definition) is 1. The van der Waals surface area contributed by atoms with Crippen LogP contribution in [0, 0.1) is 0 Å². The maximum absolute atomic E-state index is 12.3. The van der Waals surface area contributed by atoms with E-state index in [1.807, 2.05) is 0 Å². The molecule has 1 aromatic carbocycles. The van der Waals surface area contributed by atoms with Crippen LogP contribution in [0.3, 0.4) is 0 Å². The molecule has 2 rings (SSSR count). The molecule has 0 aliphatic carbocycles. The molecule has 2 amide bonds. The molecule has 1 atom stereocenters. The molecule has 0 saturated carbocycles.